The number of Topliss-reactive ketones (excluding diaryl/α,β-unsaturated/α-hetero) is 1. The molecule has 1 atom stereocenters. The lowest BCUT2D eigenvalue weighted by Crippen LogP contribution is -2.44. The summed E-state index contributed by atoms with van der Waals surface area (Å²) in [7, 11) is -3.73. The van der Waals surface area contributed by atoms with Gasteiger partial charge in [-0.05, 0) is 30.9 Å². The molecule has 118 valence electrons. The zero-order chi connectivity index (χ0) is 16.3. The van der Waals surface area contributed by atoms with Gasteiger partial charge in [-0.3, -0.25) is 4.79 Å². The summed E-state index contributed by atoms with van der Waals surface area (Å²) in [5, 5.41) is 9.10. The normalized spacial score (nSPS) is 14.0. The largest absolute Gasteiger partial charge is 0.396 e. The van der Waals surface area contributed by atoms with Gasteiger partial charge in [0, 0.05) is 18.2 Å². The van der Waals surface area contributed by atoms with Crippen molar-refractivity contribution in [2.24, 2.45) is 5.41 Å². The number of aliphatic hydroxyl groups excluding tert-OH is 1. The predicted octanol–water partition coefficient (Wildman–Crippen LogP) is 1.96. The zero-order valence-electron chi connectivity index (χ0n) is 12.9. The fourth-order valence-electron chi connectivity index (χ4n) is 1.94. The summed E-state index contributed by atoms with van der Waals surface area (Å²) in [6.45, 7) is 7.01. The number of carbonyl (C=O) groups excluding carboxylic acids is 1. The molecule has 0 aliphatic heterocycles. The van der Waals surface area contributed by atoms with Crippen LogP contribution < -0.4 is 4.72 Å². The molecule has 0 spiro atoms. The molecule has 0 aliphatic carbocycles. The van der Waals surface area contributed by atoms with Gasteiger partial charge in [-0.1, -0.05) is 32.9 Å². The maximum Gasteiger partial charge on any atom is 0.240 e. The summed E-state index contributed by atoms with van der Waals surface area (Å²) in [5.74, 6) is -0.185. The van der Waals surface area contributed by atoms with Crippen LogP contribution >= 0.6 is 0 Å². The number of carbonyl (C=O) groups is 1. The fraction of sp³-hybridized carbons (Fsp3) is 0.533. The highest BCUT2D eigenvalue weighted by Crippen LogP contribution is 2.24. The summed E-state index contributed by atoms with van der Waals surface area (Å²) < 4.78 is 27.5. The molecule has 0 bridgehead atoms. The number of benzene rings is 1. The molecule has 1 rings (SSSR count). The highest BCUT2D eigenvalue weighted by molar-refractivity contribution is 7.89. The van der Waals surface area contributed by atoms with E-state index in [0.717, 1.165) is 0 Å². The van der Waals surface area contributed by atoms with Crippen LogP contribution in [-0.2, 0) is 10.0 Å². The van der Waals surface area contributed by atoms with Crippen LogP contribution in [0.3, 0.4) is 0 Å². The van der Waals surface area contributed by atoms with Crippen LogP contribution in [0.4, 0.5) is 0 Å². The van der Waals surface area contributed by atoms with Gasteiger partial charge in [-0.2, -0.15) is 0 Å². The van der Waals surface area contributed by atoms with Crippen molar-refractivity contribution in [3.05, 3.63) is 29.8 Å². The first-order valence-corrected chi connectivity index (χ1v) is 8.30. The zero-order valence-corrected chi connectivity index (χ0v) is 13.7. The lowest BCUT2D eigenvalue weighted by molar-refractivity contribution is 0.101. The van der Waals surface area contributed by atoms with Crippen LogP contribution in [0.1, 0.15) is 44.5 Å². The van der Waals surface area contributed by atoms with Crippen LogP contribution in [0.2, 0.25) is 0 Å². The van der Waals surface area contributed by atoms with Crippen molar-refractivity contribution in [1.82, 2.24) is 4.72 Å². The maximum absolute atomic E-state index is 12.4. The minimum Gasteiger partial charge on any atom is -0.396 e. The molecule has 0 saturated carbocycles. The Labute approximate surface area is 126 Å². The van der Waals surface area contributed by atoms with E-state index < -0.39 is 16.1 Å². The van der Waals surface area contributed by atoms with E-state index in [4.69, 9.17) is 5.11 Å². The first-order chi connectivity index (χ1) is 9.58. The van der Waals surface area contributed by atoms with E-state index in [2.05, 4.69) is 4.72 Å². The molecule has 1 aromatic rings. The van der Waals surface area contributed by atoms with E-state index in [-0.39, 0.29) is 22.7 Å². The molecule has 0 fully saturated rings. The summed E-state index contributed by atoms with van der Waals surface area (Å²) >= 11 is 0. The molecule has 0 heterocycles. The Morgan fingerprint density at radius 2 is 1.95 bits per heavy atom. The molecule has 0 saturated heterocycles. The number of ketones is 1. The molecular formula is C15H23NO4S. The van der Waals surface area contributed by atoms with E-state index in [0.29, 0.717) is 12.0 Å². The van der Waals surface area contributed by atoms with E-state index in [1.165, 1.54) is 19.1 Å². The number of aliphatic hydroxyl groups is 1. The Hall–Kier alpha value is -1.24. The van der Waals surface area contributed by atoms with Crippen LogP contribution in [0, 0.1) is 5.41 Å². The van der Waals surface area contributed by atoms with Gasteiger partial charge in [0.2, 0.25) is 10.0 Å². The summed E-state index contributed by atoms with van der Waals surface area (Å²) in [6.07, 6.45) is 0.329. The second kappa shape index (κ2) is 6.68. The molecule has 0 aromatic heterocycles. The number of sulfonamides is 1. The van der Waals surface area contributed by atoms with Gasteiger partial charge in [0.05, 0.1) is 4.90 Å². The molecule has 0 amide bonds. The van der Waals surface area contributed by atoms with Crippen molar-refractivity contribution in [2.75, 3.05) is 6.61 Å². The van der Waals surface area contributed by atoms with Gasteiger partial charge in [0.15, 0.2) is 5.78 Å². The monoisotopic (exact) mass is 313 g/mol. The Bertz CT molecular complexity index is 602. The SMILES string of the molecule is CC(=O)c1cccc(S(=O)(=O)NC(CCO)C(C)(C)C)c1. The van der Waals surface area contributed by atoms with Crippen LogP contribution in [0.25, 0.3) is 0 Å². The smallest absolute Gasteiger partial charge is 0.240 e. The van der Waals surface area contributed by atoms with Crippen LogP contribution in [-0.4, -0.2) is 32.0 Å². The molecular weight excluding hydrogens is 290 g/mol. The lowest BCUT2D eigenvalue weighted by Gasteiger charge is -2.30. The van der Waals surface area contributed by atoms with Crippen molar-refractivity contribution in [2.45, 2.75) is 45.1 Å². The van der Waals surface area contributed by atoms with Gasteiger partial charge in [-0.15, -0.1) is 0 Å². The highest BCUT2D eigenvalue weighted by Gasteiger charge is 2.29. The van der Waals surface area contributed by atoms with Gasteiger partial charge in [0.25, 0.3) is 0 Å². The van der Waals surface area contributed by atoms with E-state index in [1.54, 1.807) is 12.1 Å². The highest BCUT2D eigenvalue weighted by atomic mass is 32.2. The molecule has 1 aromatic carbocycles. The lowest BCUT2D eigenvalue weighted by atomic mass is 9.86. The molecule has 21 heavy (non-hydrogen) atoms. The average Bonchev–Trinajstić information content (AvgIpc) is 2.37. The Kier molecular flexibility index (Phi) is 5.67. The first kappa shape index (κ1) is 17.8. The van der Waals surface area contributed by atoms with Gasteiger partial charge in [-0.25, -0.2) is 13.1 Å². The third-order valence-electron chi connectivity index (χ3n) is 3.31. The molecule has 2 N–H and O–H groups in total. The Balaban J connectivity index is 3.10. The second-order valence-corrected chi connectivity index (χ2v) is 7.85. The Morgan fingerprint density at radius 1 is 1.33 bits per heavy atom. The quantitative estimate of drug-likeness (QED) is 0.786. The van der Waals surface area contributed by atoms with Crippen molar-refractivity contribution < 1.29 is 18.3 Å². The van der Waals surface area contributed by atoms with E-state index >= 15 is 0 Å². The van der Waals surface area contributed by atoms with Gasteiger partial charge >= 0.3 is 0 Å². The van der Waals surface area contributed by atoms with Crippen molar-refractivity contribution in [3.63, 3.8) is 0 Å². The number of hydrogen-bond donors (Lipinski definition) is 2. The van der Waals surface area contributed by atoms with Gasteiger partial charge < -0.3 is 5.11 Å². The molecule has 5 nitrogen and oxygen atoms in total. The van der Waals surface area contributed by atoms with Gasteiger partial charge in [0.1, 0.15) is 0 Å². The van der Waals surface area contributed by atoms with E-state index in [9.17, 15) is 13.2 Å². The van der Waals surface area contributed by atoms with Crippen molar-refractivity contribution >= 4 is 15.8 Å². The molecule has 0 aliphatic rings. The number of hydrogen-bond acceptors (Lipinski definition) is 4. The van der Waals surface area contributed by atoms with Crippen LogP contribution in [0.15, 0.2) is 29.2 Å². The summed E-state index contributed by atoms with van der Waals surface area (Å²) in [6, 6.07) is 5.55. The second-order valence-electron chi connectivity index (χ2n) is 6.14. The summed E-state index contributed by atoms with van der Waals surface area (Å²) in [5.41, 5.74) is 0.0286. The van der Waals surface area contributed by atoms with Crippen molar-refractivity contribution in [1.29, 1.82) is 0 Å². The third kappa shape index (κ3) is 4.91. The molecule has 1 unspecified atom stereocenters. The minimum atomic E-state index is -3.73. The Morgan fingerprint density at radius 3 is 2.43 bits per heavy atom. The number of rotatable bonds is 6. The number of nitrogens with one attached hydrogen (secondary N) is 1. The molecule has 0 radical (unpaired) electrons. The fourth-order valence-corrected chi connectivity index (χ4v) is 3.46. The van der Waals surface area contributed by atoms with Crippen molar-refractivity contribution in [3.8, 4) is 0 Å². The summed E-state index contributed by atoms with van der Waals surface area (Å²) in [4.78, 5) is 11.4. The standard InChI is InChI=1S/C15H23NO4S/c1-11(18)12-6-5-7-13(10-12)21(19,20)16-14(8-9-17)15(2,3)4/h5-7,10,14,16-17H,8-9H2,1-4H3. The predicted molar refractivity (Wildman–Crippen MR) is 81.7 cm³/mol. The molecule has 6 heteroatoms. The van der Waals surface area contributed by atoms with E-state index in [1.807, 2.05) is 20.8 Å². The topological polar surface area (TPSA) is 83.5 Å². The first-order valence-electron chi connectivity index (χ1n) is 6.82. The third-order valence-corrected chi connectivity index (χ3v) is 4.78. The maximum atomic E-state index is 12.4. The van der Waals surface area contributed by atoms with Crippen LogP contribution in [0.5, 0.6) is 0 Å². The minimum absolute atomic E-state index is 0.0578. The average molecular weight is 313 g/mol.